The summed E-state index contributed by atoms with van der Waals surface area (Å²) in [4.78, 5) is 13.8. The molecule has 0 saturated heterocycles. The number of methoxy groups -OCH3 is 1. The number of hydrogen-bond donors (Lipinski definition) is 1. The van der Waals surface area contributed by atoms with Crippen molar-refractivity contribution in [1.82, 2.24) is 14.8 Å². The van der Waals surface area contributed by atoms with Crippen LogP contribution in [0, 0.1) is 0 Å². The predicted molar refractivity (Wildman–Crippen MR) is 73.3 cm³/mol. The van der Waals surface area contributed by atoms with E-state index < -0.39 is 5.97 Å². The third kappa shape index (κ3) is 2.07. The lowest BCUT2D eigenvalue weighted by atomic mass is 10.1. The summed E-state index contributed by atoms with van der Waals surface area (Å²) in [6.07, 6.45) is 1.73. The molecule has 0 fully saturated rings. The summed E-state index contributed by atoms with van der Waals surface area (Å²) < 4.78 is 6.76. The molecule has 0 atom stereocenters. The second kappa shape index (κ2) is 4.84. The Hall–Kier alpha value is -2.57. The fourth-order valence-electron chi connectivity index (χ4n) is 2.31. The molecule has 0 aliphatic carbocycles. The third-order valence-electron chi connectivity index (χ3n) is 3.45. The molecule has 2 aromatic rings. The molecule has 0 amide bonds. The Kier molecular flexibility index (Phi) is 3.02. The van der Waals surface area contributed by atoms with Gasteiger partial charge >= 0.3 is 5.97 Å². The van der Waals surface area contributed by atoms with Crippen molar-refractivity contribution in [2.75, 3.05) is 24.3 Å². The predicted octanol–water partition coefficient (Wildman–Crippen LogP) is 0.667. The van der Waals surface area contributed by atoms with Crippen LogP contribution in [0.5, 0.6) is 0 Å². The zero-order valence-electron chi connectivity index (χ0n) is 11.1. The molecule has 2 N–H and O–H groups in total. The van der Waals surface area contributed by atoms with Crippen LogP contribution in [0.2, 0.25) is 0 Å². The number of carbonyl (C=O) groups excluding carboxylic acids is 1. The van der Waals surface area contributed by atoms with Crippen LogP contribution in [-0.2, 0) is 17.8 Å². The molecule has 0 bridgehead atoms. The maximum absolute atomic E-state index is 11.7. The Morgan fingerprint density at radius 1 is 1.40 bits per heavy atom. The van der Waals surface area contributed by atoms with Crippen LogP contribution in [0.1, 0.15) is 16.2 Å². The van der Waals surface area contributed by atoms with Crippen molar-refractivity contribution in [2.24, 2.45) is 0 Å². The van der Waals surface area contributed by atoms with Crippen molar-refractivity contribution >= 4 is 17.3 Å². The normalized spacial score (nSPS) is 13.9. The summed E-state index contributed by atoms with van der Waals surface area (Å²) in [5.41, 5.74) is 7.54. The smallest absolute Gasteiger partial charge is 0.340 e. The first-order chi connectivity index (χ1) is 9.69. The maximum Gasteiger partial charge on any atom is 0.340 e. The van der Waals surface area contributed by atoms with Crippen LogP contribution in [-0.4, -0.2) is 34.4 Å². The average molecular weight is 273 g/mol. The number of anilines is 2. The fourth-order valence-corrected chi connectivity index (χ4v) is 2.31. The molecule has 104 valence electrons. The van der Waals surface area contributed by atoms with Gasteiger partial charge in [-0.1, -0.05) is 0 Å². The first kappa shape index (κ1) is 12.5. The Bertz CT molecular complexity index is 652. The van der Waals surface area contributed by atoms with E-state index in [0.717, 1.165) is 24.6 Å². The van der Waals surface area contributed by atoms with Crippen LogP contribution in [0.15, 0.2) is 24.5 Å². The standard InChI is InChI=1S/C13H15N5O2/c1-20-13(19)10-6-9(2-3-11(10)14)17-4-5-18-8-15-16-12(18)7-17/h2-3,6,8H,4-5,7,14H2,1H3. The van der Waals surface area contributed by atoms with Crippen molar-refractivity contribution in [3.8, 4) is 0 Å². The van der Waals surface area contributed by atoms with Crippen LogP contribution in [0.3, 0.4) is 0 Å². The van der Waals surface area contributed by atoms with Gasteiger partial charge in [0.1, 0.15) is 6.33 Å². The van der Waals surface area contributed by atoms with E-state index in [1.54, 1.807) is 18.5 Å². The molecule has 2 heterocycles. The Morgan fingerprint density at radius 2 is 2.25 bits per heavy atom. The third-order valence-corrected chi connectivity index (χ3v) is 3.45. The van der Waals surface area contributed by atoms with E-state index in [1.807, 2.05) is 10.6 Å². The highest BCUT2D eigenvalue weighted by molar-refractivity contribution is 5.96. The van der Waals surface area contributed by atoms with Crippen molar-refractivity contribution in [3.63, 3.8) is 0 Å². The molecule has 0 unspecified atom stereocenters. The number of ether oxygens (including phenoxy) is 1. The lowest BCUT2D eigenvalue weighted by Crippen LogP contribution is -2.33. The van der Waals surface area contributed by atoms with Crippen LogP contribution in [0.25, 0.3) is 0 Å². The van der Waals surface area contributed by atoms with Crippen LogP contribution >= 0.6 is 0 Å². The number of nitrogens with two attached hydrogens (primary N) is 1. The number of nitrogens with zero attached hydrogens (tertiary/aromatic N) is 4. The van der Waals surface area contributed by atoms with Gasteiger partial charge in [0.15, 0.2) is 5.82 Å². The highest BCUT2D eigenvalue weighted by atomic mass is 16.5. The fraction of sp³-hybridized carbons (Fsp3) is 0.308. The van der Waals surface area contributed by atoms with E-state index in [1.165, 1.54) is 7.11 Å². The van der Waals surface area contributed by atoms with E-state index in [2.05, 4.69) is 15.1 Å². The quantitative estimate of drug-likeness (QED) is 0.639. The molecule has 1 aliphatic rings. The topological polar surface area (TPSA) is 86.3 Å². The highest BCUT2D eigenvalue weighted by Gasteiger charge is 2.19. The van der Waals surface area contributed by atoms with Gasteiger partial charge in [-0.25, -0.2) is 4.79 Å². The number of hydrogen-bond acceptors (Lipinski definition) is 6. The van der Waals surface area contributed by atoms with E-state index in [4.69, 9.17) is 10.5 Å². The molecule has 7 nitrogen and oxygen atoms in total. The summed E-state index contributed by atoms with van der Waals surface area (Å²) in [6, 6.07) is 5.38. The minimum absolute atomic E-state index is 0.386. The Labute approximate surface area is 116 Å². The van der Waals surface area contributed by atoms with Gasteiger partial charge in [-0.3, -0.25) is 0 Å². The molecule has 0 spiro atoms. The van der Waals surface area contributed by atoms with Crippen LogP contribution in [0.4, 0.5) is 11.4 Å². The average Bonchev–Trinajstić information content (AvgIpc) is 2.94. The maximum atomic E-state index is 11.7. The largest absolute Gasteiger partial charge is 0.465 e. The monoisotopic (exact) mass is 273 g/mol. The molecular weight excluding hydrogens is 258 g/mol. The Morgan fingerprint density at radius 3 is 3.05 bits per heavy atom. The van der Waals surface area contributed by atoms with E-state index in [-0.39, 0.29) is 0 Å². The molecule has 1 aliphatic heterocycles. The zero-order valence-corrected chi connectivity index (χ0v) is 11.1. The van der Waals surface area contributed by atoms with Gasteiger partial charge < -0.3 is 19.9 Å². The van der Waals surface area contributed by atoms with Crippen molar-refractivity contribution in [3.05, 3.63) is 35.9 Å². The summed E-state index contributed by atoms with van der Waals surface area (Å²) in [7, 11) is 1.35. The number of benzene rings is 1. The Balaban J connectivity index is 1.90. The number of nitrogen functional groups attached to an aromatic ring is 1. The zero-order chi connectivity index (χ0) is 14.1. The SMILES string of the molecule is COC(=O)c1cc(N2CCn3cnnc3C2)ccc1N. The van der Waals surface area contributed by atoms with E-state index in [0.29, 0.717) is 17.8 Å². The summed E-state index contributed by atoms with van der Waals surface area (Å²) in [6.45, 7) is 2.31. The number of aromatic nitrogens is 3. The van der Waals surface area contributed by atoms with Crippen molar-refractivity contribution in [2.45, 2.75) is 13.1 Å². The summed E-state index contributed by atoms with van der Waals surface area (Å²) in [5, 5.41) is 7.98. The molecule has 0 saturated carbocycles. The second-order valence-electron chi connectivity index (χ2n) is 4.63. The molecule has 1 aromatic carbocycles. The molecular formula is C13H15N5O2. The van der Waals surface area contributed by atoms with Gasteiger partial charge in [0.05, 0.1) is 19.2 Å². The van der Waals surface area contributed by atoms with Gasteiger partial charge in [0.2, 0.25) is 0 Å². The van der Waals surface area contributed by atoms with Gasteiger partial charge in [-0.15, -0.1) is 10.2 Å². The molecule has 1 aromatic heterocycles. The highest BCUT2D eigenvalue weighted by Crippen LogP contribution is 2.24. The lowest BCUT2D eigenvalue weighted by molar-refractivity contribution is 0.0602. The van der Waals surface area contributed by atoms with Gasteiger partial charge in [0, 0.05) is 24.5 Å². The second-order valence-corrected chi connectivity index (χ2v) is 4.63. The first-order valence-electron chi connectivity index (χ1n) is 6.28. The number of rotatable bonds is 2. The van der Waals surface area contributed by atoms with Crippen molar-refractivity contribution < 1.29 is 9.53 Å². The minimum Gasteiger partial charge on any atom is -0.465 e. The van der Waals surface area contributed by atoms with Gasteiger partial charge in [-0.2, -0.15) is 0 Å². The molecule has 0 radical (unpaired) electrons. The lowest BCUT2D eigenvalue weighted by Gasteiger charge is -2.29. The van der Waals surface area contributed by atoms with Crippen LogP contribution < -0.4 is 10.6 Å². The minimum atomic E-state index is -0.426. The summed E-state index contributed by atoms with van der Waals surface area (Å²) in [5.74, 6) is 0.484. The van der Waals surface area contributed by atoms with E-state index >= 15 is 0 Å². The molecule has 3 rings (SSSR count). The number of esters is 1. The van der Waals surface area contributed by atoms with Gasteiger partial charge in [-0.05, 0) is 18.2 Å². The van der Waals surface area contributed by atoms with E-state index in [9.17, 15) is 4.79 Å². The molecule has 7 heteroatoms. The number of fused-ring (bicyclic) bond motifs is 1. The van der Waals surface area contributed by atoms with Gasteiger partial charge in [0.25, 0.3) is 0 Å². The first-order valence-corrected chi connectivity index (χ1v) is 6.28. The molecule has 20 heavy (non-hydrogen) atoms. The summed E-state index contributed by atoms with van der Waals surface area (Å²) >= 11 is 0. The van der Waals surface area contributed by atoms with Crippen molar-refractivity contribution in [1.29, 1.82) is 0 Å². The number of carbonyl (C=O) groups is 1.